The number of carbonyl (C=O) groups excluding carboxylic acids is 2. The van der Waals surface area contributed by atoms with Crippen molar-refractivity contribution in [2.24, 2.45) is 11.3 Å². The number of nitrogens with one attached hydrogen (secondary N) is 3. The summed E-state index contributed by atoms with van der Waals surface area (Å²) in [4.78, 5) is 24.0. The van der Waals surface area contributed by atoms with Gasteiger partial charge in [0.15, 0.2) is 0 Å². The molecular weight excluding hydrogens is 278 g/mol. The predicted molar refractivity (Wildman–Crippen MR) is 85.3 cm³/mol. The summed E-state index contributed by atoms with van der Waals surface area (Å²) in [6.07, 6.45) is 3.51. The van der Waals surface area contributed by atoms with Crippen LogP contribution in [0.15, 0.2) is 30.3 Å². The minimum absolute atomic E-state index is 0.0705. The van der Waals surface area contributed by atoms with E-state index in [2.05, 4.69) is 16.0 Å². The second-order valence-corrected chi connectivity index (χ2v) is 6.32. The molecule has 1 spiro atoms. The molecule has 2 amide bonds. The normalized spacial score (nSPS) is 22.1. The van der Waals surface area contributed by atoms with Crippen LogP contribution >= 0.6 is 0 Å². The number of anilines is 1. The van der Waals surface area contributed by atoms with E-state index in [9.17, 15) is 9.59 Å². The topological polar surface area (TPSA) is 70.2 Å². The molecule has 118 valence electrons. The first kappa shape index (κ1) is 15.0. The van der Waals surface area contributed by atoms with Crippen molar-refractivity contribution in [3.8, 4) is 0 Å². The minimum Gasteiger partial charge on any atom is -0.355 e. The Morgan fingerprint density at radius 3 is 2.64 bits per heavy atom. The molecule has 22 heavy (non-hydrogen) atoms. The molecule has 0 radical (unpaired) electrons. The van der Waals surface area contributed by atoms with E-state index in [-0.39, 0.29) is 23.1 Å². The van der Waals surface area contributed by atoms with E-state index in [1.807, 2.05) is 30.3 Å². The van der Waals surface area contributed by atoms with E-state index >= 15 is 0 Å². The van der Waals surface area contributed by atoms with Crippen molar-refractivity contribution in [1.82, 2.24) is 10.6 Å². The fourth-order valence-electron chi connectivity index (χ4n) is 3.36. The van der Waals surface area contributed by atoms with Crippen molar-refractivity contribution in [3.05, 3.63) is 30.3 Å². The number of carbonyl (C=O) groups is 2. The Morgan fingerprint density at radius 1 is 1.18 bits per heavy atom. The van der Waals surface area contributed by atoms with Crippen molar-refractivity contribution < 1.29 is 9.59 Å². The van der Waals surface area contributed by atoms with Gasteiger partial charge in [0.1, 0.15) is 0 Å². The van der Waals surface area contributed by atoms with Gasteiger partial charge >= 0.3 is 0 Å². The summed E-state index contributed by atoms with van der Waals surface area (Å²) in [6.45, 7) is 2.44. The lowest BCUT2D eigenvalue weighted by atomic mass is 9.92. The molecule has 1 unspecified atom stereocenters. The molecule has 2 fully saturated rings. The Bertz CT molecular complexity index is 538. The molecular formula is C17H23N3O2. The minimum atomic E-state index is -0.0705. The van der Waals surface area contributed by atoms with Gasteiger partial charge in [-0.1, -0.05) is 18.2 Å². The second kappa shape index (κ2) is 6.48. The fourth-order valence-corrected chi connectivity index (χ4v) is 3.36. The third-order valence-corrected chi connectivity index (χ3v) is 4.81. The van der Waals surface area contributed by atoms with Crippen LogP contribution in [-0.4, -0.2) is 31.4 Å². The number of amides is 2. The van der Waals surface area contributed by atoms with Gasteiger partial charge in [-0.3, -0.25) is 9.59 Å². The van der Waals surface area contributed by atoms with Crippen molar-refractivity contribution in [2.45, 2.75) is 25.7 Å². The maximum Gasteiger partial charge on any atom is 0.226 e. The quantitative estimate of drug-likeness (QED) is 0.772. The third kappa shape index (κ3) is 3.47. The summed E-state index contributed by atoms with van der Waals surface area (Å²) in [6, 6.07) is 9.36. The van der Waals surface area contributed by atoms with E-state index < -0.39 is 0 Å². The van der Waals surface area contributed by atoms with Gasteiger partial charge in [0.25, 0.3) is 0 Å². The highest BCUT2D eigenvalue weighted by Gasteiger charge is 2.57. The highest BCUT2D eigenvalue weighted by molar-refractivity contribution is 5.91. The molecule has 1 saturated carbocycles. The first-order valence-electron chi connectivity index (χ1n) is 8.03. The lowest BCUT2D eigenvalue weighted by Crippen LogP contribution is -2.34. The Hall–Kier alpha value is -1.88. The Labute approximate surface area is 130 Å². The molecule has 1 aliphatic carbocycles. The van der Waals surface area contributed by atoms with Crippen LogP contribution in [0.4, 0.5) is 5.69 Å². The molecule has 5 nitrogen and oxygen atoms in total. The van der Waals surface area contributed by atoms with Crippen LogP contribution in [0.1, 0.15) is 25.7 Å². The zero-order valence-corrected chi connectivity index (χ0v) is 12.7. The number of hydrogen-bond acceptors (Lipinski definition) is 3. The molecule has 1 atom stereocenters. The van der Waals surface area contributed by atoms with Crippen LogP contribution in [-0.2, 0) is 9.59 Å². The molecule has 1 aromatic rings. The standard InChI is InChI=1S/C17H23N3O2/c21-15(20-13-4-2-1-3-5-13)6-9-19-16(22)14-12-17(14)7-10-18-11-8-17/h1-5,14,18H,6-12H2,(H,19,22)(H,20,21). The average molecular weight is 301 g/mol. The van der Waals surface area contributed by atoms with Crippen LogP contribution in [0.2, 0.25) is 0 Å². The third-order valence-electron chi connectivity index (χ3n) is 4.81. The molecule has 0 bridgehead atoms. The molecule has 1 saturated heterocycles. The second-order valence-electron chi connectivity index (χ2n) is 6.32. The highest BCUT2D eigenvalue weighted by atomic mass is 16.2. The summed E-state index contributed by atoms with van der Waals surface area (Å²) in [5, 5.41) is 9.07. The van der Waals surface area contributed by atoms with Gasteiger partial charge < -0.3 is 16.0 Å². The largest absolute Gasteiger partial charge is 0.355 e. The number of piperidine rings is 1. The lowest BCUT2D eigenvalue weighted by molar-refractivity contribution is -0.123. The number of rotatable bonds is 5. The van der Waals surface area contributed by atoms with E-state index in [1.165, 1.54) is 0 Å². The zero-order valence-electron chi connectivity index (χ0n) is 12.7. The SMILES string of the molecule is O=C(CCNC(=O)C1CC12CCNCC2)Nc1ccccc1. The number of para-hydroxylation sites is 1. The average Bonchev–Trinajstić information content (AvgIpc) is 3.22. The van der Waals surface area contributed by atoms with Gasteiger partial charge in [-0.15, -0.1) is 0 Å². The number of hydrogen-bond donors (Lipinski definition) is 3. The molecule has 5 heteroatoms. The van der Waals surface area contributed by atoms with Crippen LogP contribution in [0.3, 0.4) is 0 Å². The van der Waals surface area contributed by atoms with Gasteiger partial charge in [0.05, 0.1) is 0 Å². The molecule has 1 heterocycles. The Kier molecular flexibility index (Phi) is 4.43. The summed E-state index contributed by atoms with van der Waals surface area (Å²) < 4.78 is 0. The number of benzene rings is 1. The van der Waals surface area contributed by atoms with Crippen LogP contribution < -0.4 is 16.0 Å². The van der Waals surface area contributed by atoms with Crippen molar-refractivity contribution in [3.63, 3.8) is 0 Å². The van der Waals surface area contributed by atoms with Crippen LogP contribution in [0, 0.1) is 11.3 Å². The maximum atomic E-state index is 12.2. The Morgan fingerprint density at radius 2 is 1.91 bits per heavy atom. The molecule has 3 rings (SSSR count). The first-order chi connectivity index (χ1) is 10.7. The summed E-state index contributed by atoms with van der Waals surface area (Å²) in [7, 11) is 0. The van der Waals surface area contributed by atoms with Crippen LogP contribution in [0.25, 0.3) is 0 Å². The molecule has 1 aromatic carbocycles. The molecule has 2 aliphatic rings. The molecule has 1 aliphatic heterocycles. The van der Waals surface area contributed by atoms with Gasteiger partial charge in [0.2, 0.25) is 11.8 Å². The maximum absolute atomic E-state index is 12.2. The first-order valence-corrected chi connectivity index (χ1v) is 8.03. The summed E-state index contributed by atoms with van der Waals surface area (Å²) in [5.74, 6) is 0.208. The van der Waals surface area contributed by atoms with Gasteiger partial charge in [-0.05, 0) is 49.9 Å². The van der Waals surface area contributed by atoms with Gasteiger partial charge in [-0.25, -0.2) is 0 Å². The fraction of sp³-hybridized carbons (Fsp3) is 0.529. The van der Waals surface area contributed by atoms with Crippen LogP contribution in [0.5, 0.6) is 0 Å². The zero-order chi connectivity index (χ0) is 15.4. The van der Waals surface area contributed by atoms with Gasteiger partial charge in [-0.2, -0.15) is 0 Å². The molecule has 3 N–H and O–H groups in total. The van der Waals surface area contributed by atoms with Crippen molar-refractivity contribution in [2.75, 3.05) is 25.0 Å². The van der Waals surface area contributed by atoms with E-state index in [4.69, 9.17) is 0 Å². The summed E-state index contributed by atoms with van der Waals surface area (Å²) in [5.41, 5.74) is 1.04. The monoisotopic (exact) mass is 301 g/mol. The van der Waals surface area contributed by atoms with E-state index in [1.54, 1.807) is 0 Å². The van der Waals surface area contributed by atoms with E-state index in [0.29, 0.717) is 13.0 Å². The lowest BCUT2D eigenvalue weighted by Gasteiger charge is -2.23. The smallest absolute Gasteiger partial charge is 0.226 e. The predicted octanol–water partition coefficient (Wildman–Crippen LogP) is 1.52. The van der Waals surface area contributed by atoms with Gasteiger partial charge in [0, 0.05) is 24.6 Å². The van der Waals surface area contributed by atoms with Crippen molar-refractivity contribution in [1.29, 1.82) is 0 Å². The Balaban J connectivity index is 1.36. The summed E-state index contributed by atoms with van der Waals surface area (Å²) >= 11 is 0. The molecule has 0 aromatic heterocycles. The van der Waals surface area contributed by atoms with E-state index in [0.717, 1.165) is 38.0 Å². The van der Waals surface area contributed by atoms with Crippen molar-refractivity contribution >= 4 is 17.5 Å². The highest BCUT2D eigenvalue weighted by Crippen LogP contribution is 2.58.